The highest BCUT2D eigenvalue weighted by Crippen LogP contribution is 2.59. The van der Waals surface area contributed by atoms with E-state index in [9.17, 15) is 28.8 Å². The number of fused-ring (bicyclic) bond motifs is 1. The SMILES string of the molecule is COC(=O)[C@]1(OC23CC4CC(CC(C4)C2)C3)C[C@@H]2OC(=O)N(C(C)=O)[C@H]2[C@H]([C@H](OC(C)=O)[C@@H](COC(C)=O)OC(C)=O)O1. The molecular formula is C29H39NO13. The van der Waals surface area contributed by atoms with Gasteiger partial charge in [-0.1, -0.05) is 0 Å². The highest BCUT2D eigenvalue weighted by molar-refractivity contribution is 5.93. The monoisotopic (exact) mass is 609 g/mol. The molecule has 0 radical (unpaired) electrons. The number of rotatable bonds is 9. The molecule has 6 atom stereocenters. The van der Waals surface area contributed by atoms with Crippen LogP contribution in [0.3, 0.4) is 0 Å². The molecule has 2 aliphatic heterocycles. The second-order valence-corrected chi connectivity index (χ2v) is 12.6. The van der Waals surface area contributed by atoms with Crippen molar-refractivity contribution in [3.8, 4) is 0 Å². The van der Waals surface area contributed by atoms with E-state index in [1.165, 1.54) is 7.11 Å². The fourth-order valence-electron chi connectivity index (χ4n) is 8.32. The number of ether oxygens (including phenoxy) is 7. The number of amides is 2. The van der Waals surface area contributed by atoms with Gasteiger partial charge >= 0.3 is 30.0 Å². The van der Waals surface area contributed by atoms with Gasteiger partial charge in [-0.3, -0.25) is 19.2 Å². The molecule has 0 aromatic rings. The predicted octanol–water partition coefficient (Wildman–Crippen LogP) is 1.79. The summed E-state index contributed by atoms with van der Waals surface area (Å²) in [4.78, 5) is 76.5. The van der Waals surface area contributed by atoms with Gasteiger partial charge in [-0.15, -0.1) is 0 Å². The highest BCUT2D eigenvalue weighted by atomic mass is 16.8. The van der Waals surface area contributed by atoms with Gasteiger partial charge in [0.1, 0.15) is 24.9 Å². The Hall–Kier alpha value is -3.26. The van der Waals surface area contributed by atoms with Gasteiger partial charge in [-0.2, -0.15) is 0 Å². The maximum Gasteiger partial charge on any atom is 0.417 e. The Morgan fingerprint density at radius 1 is 0.884 bits per heavy atom. The van der Waals surface area contributed by atoms with Crippen LogP contribution in [0.25, 0.3) is 0 Å². The lowest BCUT2D eigenvalue weighted by Crippen LogP contribution is -2.69. The zero-order chi connectivity index (χ0) is 31.3. The maximum atomic E-state index is 13.7. The van der Waals surface area contributed by atoms with Crippen molar-refractivity contribution in [1.82, 2.24) is 4.90 Å². The summed E-state index contributed by atoms with van der Waals surface area (Å²) in [6.45, 7) is 3.94. The first kappa shape index (κ1) is 31.2. The molecule has 0 spiro atoms. The van der Waals surface area contributed by atoms with Crippen molar-refractivity contribution in [2.24, 2.45) is 17.8 Å². The van der Waals surface area contributed by atoms with Crippen LogP contribution in [-0.4, -0.2) is 96.3 Å². The third kappa shape index (κ3) is 6.08. The normalized spacial score (nSPS) is 37.0. The Morgan fingerprint density at radius 2 is 1.47 bits per heavy atom. The van der Waals surface area contributed by atoms with Gasteiger partial charge in [0.25, 0.3) is 5.79 Å². The zero-order valence-corrected chi connectivity index (χ0v) is 25.0. The van der Waals surface area contributed by atoms with Crippen molar-refractivity contribution >= 4 is 35.9 Å². The molecule has 6 fully saturated rings. The summed E-state index contributed by atoms with van der Waals surface area (Å²) in [7, 11) is 1.17. The Labute approximate surface area is 248 Å². The smallest absolute Gasteiger partial charge is 0.417 e. The van der Waals surface area contributed by atoms with Gasteiger partial charge in [-0.05, 0) is 56.3 Å². The Balaban J connectivity index is 1.59. The van der Waals surface area contributed by atoms with E-state index in [0.717, 1.165) is 71.1 Å². The van der Waals surface area contributed by atoms with Crippen LogP contribution in [0.1, 0.15) is 72.6 Å². The number of carbonyl (C=O) groups is 6. The van der Waals surface area contributed by atoms with E-state index in [2.05, 4.69) is 0 Å². The summed E-state index contributed by atoms with van der Waals surface area (Å²) >= 11 is 0. The molecule has 2 amide bonds. The largest absolute Gasteiger partial charge is 0.465 e. The van der Waals surface area contributed by atoms with Crippen LogP contribution in [0, 0.1) is 17.8 Å². The first-order chi connectivity index (χ1) is 20.2. The lowest BCUT2D eigenvalue weighted by Gasteiger charge is -2.59. The minimum atomic E-state index is -2.13. The molecule has 238 valence electrons. The molecule has 6 aliphatic rings. The van der Waals surface area contributed by atoms with Gasteiger partial charge in [0.15, 0.2) is 12.2 Å². The van der Waals surface area contributed by atoms with Crippen molar-refractivity contribution < 1.29 is 61.9 Å². The van der Waals surface area contributed by atoms with Crippen LogP contribution in [0.4, 0.5) is 4.79 Å². The minimum absolute atomic E-state index is 0.299. The minimum Gasteiger partial charge on any atom is -0.465 e. The average molecular weight is 610 g/mol. The standard InChI is InChI=1S/C29H39NO13/c1-14(31)30-23-21(41-27(30)36)12-29(26(35)37-5,43-28-9-18-6-19(10-28)8-20(7-18)11-28)42-25(23)24(40-17(4)34)22(39-16(3)33)13-38-15(2)32/h18-25H,6-13H2,1-5H3/t18?,19?,20?,21-,22+,23+,24+,25+,28?,29+/m0/s1. The molecule has 6 rings (SSSR count). The first-order valence-electron chi connectivity index (χ1n) is 14.7. The number of nitrogens with zero attached hydrogens (tertiary/aromatic N) is 1. The molecule has 0 N–H and O–H groups in total. The average Bonchev–Trinajstić information content (AvgIpc) is 3.22. The van der Waals surface area contributed by atoms with Gasteiger partial charge in [0.2, 0.25) is 5.91 Å². The summed E-state index contributed by atoms with van der Waals surface area (Å²) in [5, 5.41) is 0. The molecule has 14 nitrogen and oxygen atoms in total. The van der Waals surface area contributed by atoms with Crippen LogP contribution < -0.4 is 0 Å². The van der Waals surface area contributed by atoms with Crippen LogP contribution in [-0.2, 0) is 57.1 Å². The fourth-order valence-corrected chi connectivity index (χ4v) is 8.32. The molecule has 4 aliphatic carbocycles. The highest BCUT2D eigenvalue weighted by Gasteiger charge is 2.67. The number of methoxy groups -OCH3 is 1. The first-order valence-corrected chi connectivity index (χ1v) is 14.7. The number of imide groups is 1. The second kappa shape index (κ2) is 11.7. The molecule has 4 bridgehead atoms. The Morgan fingerprint density at radius 3 is 1.95 bits per heavy atom. The van der Waals surface area contributed by atoms with Crippen LogP contribution in [0.2, 0.25) is 0 Å². The van der Waals surface area contributed by atoms with Crippen molar-refractivity contribution in [1.29, 1.82) is 0 Å². The van der Waals surface area contributed by atoms with E-state index in [-0.39, 0.29) is 6.42 Å². The molecule has 0 aromatic heterocycles. The van der Waals surface area contributed by atoms with Gasteiger partial charge in [0, 0.05) is 27.7 Å². The molecule has 14 heteroatoms. The summed E-state index contributed by atoms with van der Waals surface area (Å²) in [6, 6.07) is -1.22. The number of esters is 4. The summed E-state index contributed by atoms with van der Waals surface area (Å²) < 4.78 is 40.3. The van der Waals surface area contributed by atoms with E-state index in [4.69, 9.17) is 33.2 Å². The van der Waals surface area contributed by atoms with Gasteiger partial charge < -0.3 is 33.2 Å². The van der Waals surface area contributed by atoms with E-state index in [1.807, 2.05) is 0 Å². The van der Waals surface area contributed by atoms with E-state index in [1.54, 1.807) is 0 Å². The topological polar surface area (TPSA) is 170 Å². The van der Waals surface area contributed by atoms with Crippen molar-refractivity contribution in [3.05, 3.63) is 0 Å². The van der Waals surface area contributed by atoms with Crippen LogP contribution >= 0.6 is 0 Å². The van der Waals surface area contributed by atoms with Gasteiger partial charge in [0.05, 0.1) is 19.1 Å². The third-order valence-electron chi connectivity index (χ3n) is 9.22. The van der Waals surface area contributed by atoms with Crippen LogP contribution in [0.15, 0.2) is 0 Å². The second-order valence-electron chi connectivity index (χ2n) is 12.6. The Bertz CT molecular complexity index is 1150. The Kier molecular flexibility index (Phi) is 8.47. The lowest BCUT2D eigenvalue weighted by atomic mass is 9.54. The number of hydrogen-bond acceptors (Lipinski definition) is 13. The third-order valence-corrected chi connectivity index (χ3v) is 9.22. The molecule has 2 saturated heterocycles. The molecule has 4 saturated carbocycles. The summed E-state index contributed by atoms with van der Waals surface area (Å²) in [5.74, 6) is -4.72. The number of hydrogen-bond donors (Lipinski definition) is 0. The van der Waals surface area contributed by atoms with Crippen molar-refractivity contribution in [3.63, 3.8) is 0 Å². The van der Waals surface area contributed by atoms with Crippen molar-refractivity contribution in [2.75, 3.05) is 13.7 Å². The van der Waals surface area contributed by atoms with Crippen LogP contribution in [0.5, 0.6) is 0 Å². The maximum absolute atomic E-state index is 13.7. The fraction of sp³-hybridized carbons (Fsp3) is 0.793. The summed E-state index contributed by atoms with van der Waals surface area (Å²) in [5.41, 5.74) is -0.701. The molecule has 0 aromatic carbocycles. The van der Waals surface area contributed by atoms with Gasteiger partial charge in [-0.25, -0.2) is 14.5 Å². The molecule has 0 unspecified atom stereocenters. The predicted molar refractivity (Wildman–Crippen MR) is 141 cm³/mol. The molecular weight excluding hydrogens is 570 g/mol. The molecule has 43 heavy (non-hydrogen) atoms. The lowest BCUT2D eigenvalue weighted by molar-refractivity contribution is -0.354. The van der Waals surface area contributed by atoms with Crippen molar-refractivity contribution in [2.45, 2.75) is 114 Å². The van der Waals surface area contributed by atoms with E-state index in [0.29, 0.717) is 17.8 Å². The quantitative estimate of drug-likeness (QED) is 0.274. The van der Waals surface area contributed by atoms with E-state index >= 15 is 0 Å². The summed E-state index contributed by atoms with van der Waals surface area (Å²) in [6.07, 6.45) is -1.53. The zero-order valence-electron chi connectivity index (χ0n) is 25.0. The number of carbonyl (C=O) groups excluding carboxylic acids is 6. The van der Waals surface area contributed by atoms with E-state index < -0.39 is 84.3 Å². The molecule has 2 heterocycles.